The van der Waals surface area contributed by atoms with E-state index in [1.807, 2.05) is 60.7 Å². The molecular formula is C19H13N5O. The summed E-state index contributed by atoms with van der Waals surface area (Å²) >= 11 is 0. The molecule has 3 heterocycles. The zero-order valence-electron chi connectivity index (χ0n) is 13.1. The van der Waals surface area contributed by atoms with Crippen molar-refractivity contribution in [3.05, 3.63) is 71.0 Å². The van der Waals surface area contributed by atoms with Crippen LogP contribution in [-0.2, 0) is 0 Å². The molecule has 0 saturated carbocycles. The Bertz CT molecular complexity index is 1210. The van der Waals surface area contributed by atoms with Gasteiger partial charge in [-0.05, 0) is 24.3 Å². The van der Waals surface area contributed by atoms with Crippen LogP contribution in [0.1, 0.15) is 0 Å². The number of hydrogen-bond acceptors (Lipinski definition) is 3. The third kappa shape index (κ3) is 2.15. The first-order chi connectivity index (χ1) is 12.3. The van der Waals surface area contributed by atoms with E-state index in [2.05, 4.69) is 25.4 Å². The molecule has 0 unspecified atom stereocenters. The van der Waals surface area contributed by atoms with Gasteiger partial charge in [0, 0.05) is 21.8 Å². The first-order valence-electron chi connectivity index (χ1n) is 7.91. The molecule has 0 bridgehead atoms. The van der Waals surface area contributed by atoms with Crippen molar-refractivity contribution in [1.82, 2.24) is 25.4 Å². The minimum atomic E-state index is -0.282. The van der Waals surface area contributed by atoms with Gasteiger partial charge in [0.15, 0.2) is 0 Å². The van der Waals surface area contributed by atoms with Crippen LogP contribution in [0.5, 0.6) is 0 Å². The SMILES string of the molecule is O=c1[nH]nnc(-c2cc3ccccc3[nH]2)c1-c1cc2ccccc2[nH]1. The lowest BCUT2D eigenvalue weighted by molar-refractivity contribution is 0.847. The van der Waals surface area contributed by atoms with Crippen LogP contribution in [0, 0.1) is 0 Å². The summed E-state index contributed by atoms with van der Waals surface area (Å²) in [5.74, 6) is 0. The van der Waals surface area contributed by atoms with Crippen LogP contribution < -0.4 is 5.56 Å². The quantitative estimate of drug-likeness (QED) is 0.464. The molecule has 0 saturated heterocycles. The van der Waals surface area contributed by atoms with Gasteiger partial charge in [-0.25, -0.2) is 5.10 Å². The van der Waals surface area contributed by atoms with Gasteiger partial charge in [-0.15, -0.1) is 5.10 Å². The highest BCUT2D eigenvalue weighted by molar-refractivity contribution is 5.91. The smallest absolute Gasteiger partial charge is 0.277 e. The molecule has 5 aromatic rings. The second-order valence-corrected chi connectivity index (χ2v) is 5.91. The number of hydrogen-bond donors (Lipinski definition) is 3. The van der Waals surface area contributed by atoms with Crippen molar-refractivity contribution in [1.29, 1.82) is 0 Å². The summed E-state index contributed by atoms with van der Waals surface area (Å²) in [5, 5.41) is 12.5. The molecule has 0 radical (unpaired) electrons. The van der Waals surface area contributed by atoms with Crippen molar-refractivity contribution in [3.63, 3.8) is 0 Å². The third-order valence-electron chi connectivity index (χ3n) is 4.35. The summed E-state index contributed by atoms with van der Waals surface area (Å²) in [4.78, 5) is 19.1. The number of H-pyrrole nitrogens is 3. The number of nitrogens with zero attached hydrogens (tertiary/aromatic N) is 2. The molecule has 0 amide bonds. The first-order valence-corrected chi connectivity index (χ1v) is 7.91. The second-order valence-electron chi connectivity index (χ2n) is 5.91. The largest absolute Gasteiger partial charge is 0.354 e. The third-order valence-corrected chi connectivity index (χ3v) is 4.35. The van der Waals surface area contributed by atoms with Gasteiger partial charge in [0.05, 0.1) is 17.0 Å². The van der Waals surface area contributed by atoms with Crippen molar-refractivity contribution in [2.75, 3.05) is 0 Å². The van der Waals surface area contributed by atoms with Gasteiger partial charge >= 0.3 is 0 Å². The Morgan fingerprint density at radius 1 is 0.760 bits per heavy atom. The highest BCUT2D eigenvalue weighted by atomic mass is 16.1. The molecule has 0 aliphatic heterocycles. The zero-order valence-corrected chi connectivity index (χ0v) is 13.1. The van der Waals surface area contributed by atoms with Crippen LogP contribution in [0.25, 0.3) is 44.5 Å². The van der Waals surface area contributed by atoms with Crippen molar-refractivity contribution < 1.29 is 0 Å². The van der Waals surface area contributed by atoms with Gasteiger partial charge in [-0.3, -0.25) is 4.79 Å². The number of benzene rings is 2. The average molecular weight is 327 g/mol. The fraction of sp³-hybridized carbons (Fsp3) is 0. The molecule has 3 N–H and O–H groups in total. The van der Waals surface area contributed by atoms with E-state index < -0.39 is 0 Å². The second kappa shape index (κ2) is 5.17. The summed E-state index contributed by atoms with van der Waals surface area (Å²) in [6, 6.07) is 19.8. The van der Waals surface area contributed by atoms with Gasteiger partial charge in [-0.1, -0.05) is 41.6 Å². The number of aromatic nitrogens is 5. The maximum Gasteiger partial charge on any atom is 0.277 e. The highest BCUT2D eigenvalue weighted by Crippen LogP contribution is 2.30. The van der Waals surface area contributed by atoms with E-state index in [4.69, 9.17) is 0 Å². The highest BCUT2D eigenvalue weighted by Gasteiger charge is 2.17. The topological polar surface area (TPSA) is 90.2 Å². The van der Waals surface area contributed by atoms with E-state index in [-0.39, 0.29) is 5.56 Å². The summed E-state index contributed by atoms with van der Waals surface area (Å²) in [7, 11) is 0. The average Bonchev–Trinajstić information content (AvgIpc) is 3.25. The zero-order chi connectivity index (χ0) is 16.8. The van der Waals surface area contributed by atoms with Gasteiger partial charge < -0.3 is 9.97 Å². The van der Waals surface area contributed by atoms with E-state index in [0.717, 1.165) is 27.5 Å². The van der Waals surface area contributed by atoms with E-state index in [1.54, 1.807) is 0 Å². The molecule has 6 nitrogen and oxygen atoms in total. The van der Waals surface area contributed by atoms with Crippen molar-refractivity contribution in [2.24, 2.45) is 0 Å². The van der Waals surface area contributed by atoms with Crippen LogP contribution in [0.3, 0.4) is 0 Å². The van der Waals surface area contributed by atoms with Gasteiger partial charge in [0.2, 0.25) is 0 Å². The summed E-state index contributed by atoms with van der Waals surface area (Å²) < 4.78 is 0. The lowest BCUT2D eigenvalue weighted by Gasteiger charge is -2.02. The monoisotopic (exact) mass is 327 g/mol. The molecule has 3 aromatic heterocycles. The van der Waals surface area contributed by atoms with E-state index >= 15 is 0 Å². The molecule has 0 atom stereocenters. The predicted molar refractivity (Wildman–Crippen MR) is 97.2 cm³/mol. The molecule has 0 spiro atoms. The predicted octanol–water partition coefficient (Wildman–Crippen LogP) is 3.46. The molecule has 2 aromatic carbocycles. The molecule has 120 valence electrons. The number of fused-ring (bicyclic) bond motifs is 2. The molecule has 0 aliphatic carbocycles. The number of nitrogens with one attached hydrogen (secondary N) is 3. The lowest BCUT2D eigenvalue weighted by atomic mass is 10.1. The van der Waals surface area contributed by atoms with Crippen molar-refractivity contribution in [3.8, 4) is 22.6 Å². The fourth-order valence-electron chi connectivity index (χ4n) is 3.18. The minimum absolute atomic E-state index is 0.282. The minimum Gasteiger partial charge on any atom is -0.354 e. The van der Waals surface area contributed by atoms with Crippen molar-refractivity contribution in [2.45, 2.75) is 0 Å². The number of aromatic amines is 3. The van der Waals surface area contributed by atoms with Gasteiger partial charge in [0.25, 0.3) is 5.56 Å². The maximum atomic E-state index is 12.5. The van der Waals surface area contributed by atoms with Gasteiger partial charge in [-0.2, -0.15) is 0 Å². The van der Waals surface area contributed by atoms with Crippen LogP contribution >= 0.6 is 0 Å². The first kappa shape index (κ1) is 13.7. The van der Waals surface area contributed by atoms with E-state index in [9.17, 15) is 4.79 Å². The normalized spacial score (nSPS) is 11.4. The van der Waals surface area contributed by atoms with Crippen LogP contribution in [0.4, 0.5) is 0 Å². The Balaban J connectivity index is 1.78. The lowest BCUT2D eigenvalue weighted by Crippen LogP contribution is -2.14. The molecular weight excluding hydrogens is 314 g/mol. The Labute approximate surface area is 141 Å². The fourth-order valence-corrected chi connectivity index (χ4v) is 3.18. The van der Waals surface area contributed by atoms with Crippen LogP contribution in [0.15, 0.2) is 65.5 Å². The Morgan fingerprint density at radius 2 is 1.36 bits per heavy atom. The standard InChI is InChI=1S/C19H13N5O/c25-19-17(15-9-11-5-1-3-7-13(11)20-15)18(22-24-23-19)16-10-12-6-2-4-8-14(12)21-16/h1-10,20-21H,(H,22,23,25). The molecule has 0 aliphatic rings. The Morgan fingerprint density at radius 3 is 2.04 bits per heavy atom. The maximum absolute atomic E-state index is 12.5. The summed E-state index contributed by atoms with van der Waals surface area (Å²) in [6.07, 6.45) is 0. The van der Waals surface area contributed by atoms with Gasteiger partial charge in [0.1, 0.15) is 5.69 Å². The number of para-hydroxylation sites is 2. The Kier molecular flexibility index (Phi) is 2.84. The molecule has 5 rings (SSSR count). The van der Waals surface area contributed by atoms with E-state index in [0.29, 0.717) is 17.0 Å². The van der Waals surface area contributed by atoms with Crippen LogP contribution in [0.2, 0.25) is 0 Å². The molecule has 25 heavy (non-hydrogen) atoms. The molecule has 6 heteroatoms. The molecule has 0 fully saturated rings. The summed E-state index contributed by atoms with van der Waals surface area (Å²) in [6.45, 7) is 0. The van der Waals surface area contributed by atoms with E-state index in [1.165, 1.54) is 0 Å². The van der Waals surface area contributed by atoms with Crippen LogP contribution in [-0.4, -0.2) is 25.4 Å². The number of rotatable bonds is 2. The van der Waals surface area contributed by atoms with Crippen molar-refractivity contribution >= 4 is 21.8 Å². The summed E-state index contributed by atoms with van der Waals surface area (Å²) in [5.41, 5.74) is 4.14. The Hall–Kier alpha value is -3.67.